The highest BCUT2D eigenvalue weighted by atomic mass is 79.9. The standard InChI is InChI=1S/C6H2Br2F3N/c7-3-1-2(9)4(8)5(12-3)6(10)11/h1,6H. The second-order valence-corrected chi connectivity index (χ2v) is 3.53. The van der Waals surface area contributed by atoms with Crippen LogP contribution in [0.5, 0.6) is 0 Å². The molecule has 0 radical (unpaired) electrons. The summed E-state index contributed by atoms with van der Waals surface area (Å²) in [5.74, 6) is -0.757. The van der Waals surface area contributed by atoms with Gasteiger partial charge in [0.2, 0.25) is 0 Å². The lowest BCUT2D eigenvalue weighted by Crippen LogP contribution is -1.95. The number of aromatic nitrogens is 1. The third-order valence-electron chi connectivity index (χ3n) is 1.11. The van der Waals surface area contributed by atoms with Crippen LogP contribution in [-0.4, -0.2) is 4.98 Å². The molecule has 0 unspecified atom stereocenters. The Labute approximate surface area is 83.2 Å². The highest BCUT2D eigenvalue weighted by Crippen LogP contribution is 2.29. The topological polar surface area (TPSA) is 12.9 Å². The van der Waals surface area contributed by atoms with Crippen molar-refractivity contribution in [2.75, 3.05) is 0 Å². The quantitative estimate of drug-likeness (QED) is 0.721. The summed E-state index contributed by atoms with van der Waals surface area (Å²) in [6.45, 7) is 0. The molecule has 0 atom stereocenters. The van der Waals surface area contributed by atoms with Crippen LogP contribution in [-0.2, 0) is 0 Å². The Hall–Kier alpha value is -0.100. The Balaban J connectivity index is 3.28. The predicted molar refractivity (Wildman–Crippen MR) is 44.6 cm³/mol. The lowest BCUT2D eigenvalue weighted by molar-refractivity contribution is 0.144. The molecule has 0 aromatic carbocycles. The van der Waals surface area contributed by atoms with Gasteiger partial charge >= 0.3 is 0 Å². The van der Waals surface area contributed by atoms with Crippen LogP contribution < -0.4 is 0 Å². The average Bonchev–Trinajstić information content (AvgIpc) is 1.96. The van der Waals surface area contributed by atoms with E-state index in [4.69, 9.17) is 0 Å². The summed E-state index contributed by atoms with van der Waals surface area (Å²) in [4.78, 5) is 3.41. The fourth-order valence-corrected chi connectivity index (χ4v) is 1.40. The van der Waals surface area contributed by atoms with Crippen molar-refractivity contribution in [3.05, 3.63) is 26.7 Å². The van der Waals surface area contributed by atoms with E-state index < -0.39 is 17.9 Å². The molecule has 0 amide bonds. The van der Waals surface area contributed by atoms with Crippen LogP contribution in [0.15, 0.2) is 15.1 Å². The fourth-order valence-electron chi connectivity index (χ4n) is 0.631. The molecule has 1 heterocycles. The number of halogens is 5. The van der Waals surface area contributed by atoms with Crippen LogP contribution in [0.25, 0.3) is 0 Å². The van der Waals surface area contributed by atoms with Gasteiger partial charge < -0.3 is 0 Å². The molecule has 0 aliphatic rings. The first-order valence-corrected chi connectivity index (χ1v) is 4.40. The van der Waals surface area contributed by atoms with E-state index in [2.05, 4.69) is 36.8 Å². The van der Waals surface area contributed by atoms with Gasteiger partial charge in [-0.3, -0.25) is 0 Å². The number of hydrogen-bond donors (Lipinski definition) is 0. The fraction of sp³-hybridized carbons (Fsp3) is 0.167. The van der Waals surface area contributed by atoms with E-state index in [1.807, 2.05) is 0 Å². The highest BCUT2D eigenvalue weighted by Gasteiger charge is 2.17. The molecular weight excluding hydrogens is 303 g/mol. The molecule has 1 aromatic rings. The third kappa shape index (κ3) is 1.98. The minimum absolute atomic E-state index is 0.0542. The van der Waals surface area contributed by atoms with Crippen LogP contribution in [0.3, 0.4) is 0 Å². The molecular formula is C6H2Br2F3N. The molecule has 0 fully saturated rings. The van der Waals surface area contributed by atoms with Gasteiger partial charge in [0, 0.05) is 6.07 Å². The number of rotatable bonds is 1. The molecule has 1 rings (SSSR count). The molecule has 0 saturated carbocycles. The monoisotopic (exact) mass is 303 g/mol. The van der Waals surface area contributed by atoms with Crippen LogP contribution in [0.4, 0.5) is 13.2 Å². The Kier molecular flexibility index (Phi) is 3.11. The van der Waals surface area contributed by atoms with Crippen molar-refractivity contribution >= 4 is 31.9 Å². The Bertz CT molecular complexity index is 303. The zero-order valence-corrected chi connectivity index (χ0v) is 8.66. The first-order valence-electron chi connectivity index (χ1n) is 2.82. The molecule has 0 aliphatic carbocycles. The summed E-state index contributed by atoms with van der Waals surface area (Å²) in [6.07, 6.45) is -2.79. The molecule has 6 heteroatoms. The second kappa shape index (κ2) is 3.74. The normalized spacial score (nSPS) is 10.8. The van der Waals surface area contributed by atoms with Crippen molar-refractivity contribution in [3.63, 3.8) is 0 Å². The van der Waals surface area contributed by atoms with Crippen LogP contribution in [0, 0.1) is 5.82 Å². The van der Waals surface area contributed by atoms with E-state index in [0.717, 1.165) is 6.07 Å². The van der Waals surface area contributed by atoms with Crippen LogP contribution >= 0.6 is 31.9 Å². The average molecular weight is 305 g/mol. The van der Waals surface area contributed by atoms with E-state index in [1.54, 1.807) is 0 Å². The molecule has 66 valence electrons. The van der Waals surface area contributed by atoms with Gasteiger partial charge in [-0.05, 0) is 31.9 Å². The van der Waals surface area contributed by atoms with Gasteiger partial charge in [0.05, 0.1) is 4.47 Å². The zero-order valence-electron chi connectivity index (χ0n) is 5.49. The summed E-state index contributed by atoms with van der Waals surface area (Å²) in [5.41, 5.74) is -0.595. The van der Waals surface area contributed by atoms with E-state index in [-0.39, 0.29) is 9.08 Å². The van der Waals surface area contributed by atoms with E-state index in [9.17, 15) is 13.2 Å². The molecule has 0 aliphatic heterocycles. The maximum atomic E-state index is 12.8. The van der Waals surface area contributed by atoms with Crippen molar-refractivity contribution in [3.8, 4) is 0 Å². The molecule has 0 spiro atoms. The van der Waals surface area contributed by atoms with Gasteiger partial charge in [-0.2, -0.15) is 0 Å². The maximum absolute atomic E-state index is 12.8. The zero-order chi connectivity index (χ0) is 9.30. The summed E-state index contributed by atoms with van der Waals surface area (Å²) >= 11 is 5.49. The van der Waals surface area contributed by atoms with Gasteiger partial charge in [0.25, 0.3) is 6.43 Å². The third-order valence-corrected chi connectivity index (χ3v) is 2.31. The Morgan fingerprint density at radius 1 is 1.33 bits per heavy atom. The van der Waals surface area contributed by atoms with Gasteiger partial charge in [-0.1, -0.05) is 0 Å². The van der Waals surface area contributed by atoms with Crippen molar-refractivity contribution < 1.29 is 13.2 Å². The molecule has 1 aromatic heterocycles. The van der Waals surface area contributed by atoms with Crippen molar-refractivity contribution in [2.45, 2.75) is 6.43 Å². The highest BCUT2D eigenvalue weighted by molar-refractivity contribution is 9.11. The number of hydrogen-bond acceptors (Lipinski definition) is 1. The lowest BCUT2D eigenvalue weighted by atomic mass is 10.3. The van der Waals surface area contributed by atoms with Gasteiger partial charge in [0.1, 0.15) is 16.1 Å². The minimum Gasteiger partial charge on any atom is -0.239 e. The second-order valence-electron chi connectivity index (χ2n) is 1.93. The van der Waals surface area contributed by atoms with Gasteiger partial charge in [0.15, 0.2) is 0 Å². The summed E-state index contributed by atoms with van der Waals surface area (Å²) in [7, 11) is 0. The first kappa shape index (κ1) is 9.98. The smallest absolute Gasteiger partial charge is 0.239 e. The number of pyridine rings is 1. The largest absolute Gasteiger partial charge is 0.281 e. The lowest BCUT2D eigenvalue weighted by Gasteiger charge is -2.03. The molecule has 0 saturated heterocycles. The Morgan fingerprint density at radius 3 is 2.42 bits per heavy atom. The van der Waals surface area contributed by atoms with Gasteiger partial charge in [-0.25, -0.2) is 18.2 Å². The minimum atomic E-state index is -2.79. The Morgan fingerprint density at radius 2 is 1.92 bits per heavy atom. The molecule has 0 N–H and O–H groups in total. The van der Waals surface area contributed by atoms with Crippen molar-refractivity contribution in [2.24, 2.45) is 0 Å². The van der Waals surface area contributed by atoms with Crippen LogP contribution in [0.1, 0.15) is 12.1 Å². The van der Waals surface area contributed by atoms with E-state index in [0.29, 0.717) is 0 Å². The molecule has 0 bridgehead atoms. The van der Waals surface area contributed by atoms with E-state index >= 15 is 0 Å². The molecule has 12 heavy (non-hydrogen) atoms. The van der Waals surface area contributed by atoms with E-state index in [1.165, 1.54) is 0 Å². The summed E-state index contributed by atoms with van der Waals surface area (Å²) < 4.78 is 36.7. The maximum Gasteiger partial charge on any atom is 0.281 e. The van der Waals surface area contributed by atoms with Crippen LogP contribution in [0.2, 0.25) is 0 Å². The molecule has 1 nitrogen and oxygen atoms in total. The first-order chi connectivity index (χ1) is 5.52. The SMILES string of the molecule is Fc1cc(Br)nc(C(F)F)c1Br. The number of nitrogens with zero attached hydrogens (tertiary/aromatic N) is 1. The summed E-state index contributed by atoms with van der Waals surface area (Å²) in [6, 6.07) is 1.01. The van der Waals surface area contributed by atoms with Crippen molar-refractivity contribution in [1.82, 2.24) is 4.98 Å². The summed E-state index contributed by atoms with van der Waals surface area (Å²) in [5, 5.41) is 0. The van der Waals surface area contributed by atoms with Crippen molar-refractivity contribution in [1.29, 1.82) is 0 Å². The van der Waals surface area contributed by atoms with Gasteiger partial charge in [-0.15, -0.1) is 0 Å². The predicted octanol–water partition coefficient (Wildman–Crippen LogP) is 3.68. The number of alkyl halides is 2.